The van der Waals surface area contributed by atoms with Crippen LogP contribution in [0.1, 0.15) is 64.7 Å². The maximum Gasteiger partial charge on any atom is -0.0322 e. The number of hydrogen-bond acceptors (Lipinski definition) is 0. The molecule has 0 heteroatoms. The van der Waals surface area contributed by atoms with Crippen LogP contribution in [0.5, 0.6) is 0 Å². The van der Waals surface area contributed by atoms with Crippen molar-refractivity contribution in [3.8, 4) is 0 Å². The second-order valence-electron chi connectivity index (χ2n) is 4.54. The van der Waals surface area contributed by atoms with E-state index in [2.05, 4.69) is 25.5 Å². The van der Waals surface area contributed by atoms with E-state index in [1.807, 2.05) is 0 Å². The molecular formula is C14H25. The molecule has 0 saturated heterocycles. The fourth-order valence-electron chi connectivity index (χ4n) is 2.27. The molecule has 0 heterocycles. The first-order valence-corrected chi connectivity index (χ1v) is 6.36. The molecule has 81 valence electrons. The third kappa shape index (κ3) is 5.47. The monoisotopic (exact) mass is 193 g/mol. The molecule has 0 aromatic heterocycles. The highest BCUT2D eigenvalue weighted by Gasteiger charge is 2.08. The van der Waals surface area contributed by atoms with Gasteiger partial charge in [-0.2, -0.15) is 0 Å². The molecule has 1 unspecified atom stereocenters. The van der Waals surface area contributed by atoms with Crippen molar-refractivity contribution in [2.45, 2.75) is 64.7 Å². The van der Waals surface area contributed by atoms with Gasteiger partial charge in [0.25, 0.3) is 0 Å². The summed E-state index contributed by atoms with van der Waals surface area (Å²) in [4.78, 5) is 0. The summed E-state index contributed by atoms with van der Waals surface area (Å²) in [5.41, 5.74) is 0. The summed E-state index contributed by atoms with van der Waals surface area (Å²) in [7, 11) is 0. The largest absolute Gasteiger partial charge is 0.0917 e. The van der Waals surface area contributed by atoms with Crippen molar-refractivity contribution in [2.75, 3.05) is 0 Å². The Kier molecular flexibility index (Phi) is 6.82. The fraction of sp³-hybridized carbons (Fsp3) is 0.786. The molecule has 0 aliphatic heterocycles. The van der Waals surface area contributed by atoms with Crippen LogP contribution in [0.15, 0.2) is 12.2 Å². The third-order valence-electron chi connectivity index (χ3n) is 3.23. The van der Waals surface area contributed by atoms with Crippen molar-refractivity contribution in [2.24, 2.45) is 5.92 Å². The van der Waals surface area contributed by atoms with Gasteiger partial charge in [-0.1, -0.05) is 57.1 Å². The zero-order valence-corrected chi connectivity index (χ0v) is 9.67. The van der Waals surface area contributed by atoms with E-state index in [1.165, 1.54) is 57.8 Å². The van der Waals surface area contributed by atoms with Gasteiger partial charge in [-0.3, -0.25) is 0 Å². The van der Waals surface area contributed by atoms with E-state index in [0.717, 1.165) is 5.92 Å². The Hall–Kier alpha value is -0.260. The smallest absolute Gasteiger partial charge is 0.0322 e. The zero-order valence-electron chi connectivity index (χ0n) is 9.67. The van der Waals surface area contributed by atoms with Gasteiger partial charge in [0, 0.05) is 0 Å². The molecule has 1 rings (SSSR count). The molecule has 1 fully saturated rings. The lowest BCUT2D eigenvalue weighted by atomic mass is 9.90. The average molecular weight is 193 g/mol. The van der Waals surface area contributed by atoms with Gasteiger partial charge >= 0.3 is 0 Å². The van der Waals surface area contributed by atoms with Gasteiger partial charge < -0.3 is 0 Å². The Morgan fingerprint density at radius 3 is 2.79 bits per heavy atom. The first kappa shape index (κ1) is 11.8. The van der Waals surface area contributed by atoms with Crippen molar-refractivity contribution in [1.82, 2.24) is 0 Å². The summed E-state index contributed by atoms with van der Waals surface area (Å²) in [5.74, 6) is 0.935. The van der Waals surface area contributed by atoms with Crippen LogP contribution in [0.4, 0.5) is 0 Å². The van der Waals surface area contributed by atoms with Crippen LogP contribution < -0.4 is 0 Å². The highest BCUT2D eigenvalue weighted by molar-refractivity contribution is 4.83. The third-order valence-corrected chi connectivity index (χ3v) is 3.23. The molecule has 1 saturated carbocycles. The second kappa shape index (κ2) is 8.08. The van der Waals surface area contributed by atoms with Crippen molar-refractivity contribution in [3.05, 3.63) is 18.6 Å². The van der Waals surface area contributed by atoms with E-state index >= 15 is 0 Å². The van der Waals surface area contributed by atoms with Crippen LogP contribution >= 0.6 is 0 Å². The summed E-state index contributed by atoms with van der Waals surface area (Å²) in [6, 6.07) is 0. The lowest BCUT2D eigenvalue weighted by Gasteiger charge is -2.16. The van der Waals surface area contributed by atoms with Gasteiger partial charge in [0.05, 0.1) is 0 Å². The Bertz CT molecular complexity index is 136. The summed E-state index contributed by atoms with van der Waals surface area (Å²) < 4.78 is 0. The Morgan fingerprint density at radius 2 is 1.93 bits per heavy atom. The van der Waals surface area contributed by atoms with E-state index in [4.69, 9.17) is 0 Å². The van der Waals surface area contributed by atoms with Crippen molar-refractivity contribution >= 4 is 0 Å². The van der Waals surface area contributed by atoms with Crippen LogP contribution in [0, 0.1) is 12.3 Å². The maximum atomic E-state index is 2.53. The Morgan fingerprint density at radius 1 is 1.14 bits per heavy atom. The van der Waals surface area contributed by atoms with Crippen molar-refractivity contribution in [3.63, 3.8) is 0 Å². The lowest BCUT2D eigenvalue weighted by Crippen LogP contribution is -2.01. The maximum absolute atomic E-state index is 2.53. The van der Waals surface area contributed by atoms with E-state index in [9.17, 15) is 0 Å². The van der Waals surface area contributed by atoms with Crippen molar-refractivity contribution < 1.29 is 0 Å². The van der Waals surface area contributed by atoms with Gasteiger partial charge in [0.15, 0.2) is 0 Å². The number of allylic oxidation sites excluding steroid dienone is 2. The molecule has 1 aliphatic rings. The summed E-state index contributed by atoms with van der Waals surface area (Å²) in [6.07, 6.45) is 19.8. The SMILES string of the molecule is CC=CCC1C[CH]CCCCCCC1. The quantitative estimate of drug-likeness (QED) is 0.547. The van der Waals surface area contributed by atoms with Gasteiger partial charge in [-0.25, -0.2) is 0 Å². The minimum atomic E-state index is 0.935. The first-order valence-electron chi connectivity index (χ1n) is 6.36. The number of hydrogen-bond donors (Lipinski definition) is 0. The Balaban J connectivity index is 2.23. The molecule has 0 bridgehead atoms. The van der Waals surface area contributed by atoms with Gasteiger partial charge in [0.2, 0.25) is 0 Å². The first-order chi connectivity index (χ1) is 6.93. The standard InChI is InChI=1S/C14H25/c1-2-3-11-14-12-9-7-5-4-6-8-10-13-14/h2-3,9,14H,4-8,10-13H2,1H3. The summed E-state index contributed by atoms with van der Waals surface area (Å²) in [5, 5.41) is 0. The Labute approximate surface area is 89.8 Å². The van der Waals surface area contributed by atoms with Crippen LogP contribution in [0.3, 0.4) is 0 Å². The van der Waals surface area contributed by atoms with E-state index in [0.29, 0.717) is 0 Å². The zero-order chi connectivity index (χ0) is 10.1. The van der Waals surface area contributed by atoms with Gasteiger partial charge in [-0.05, 0) is 32.1 Å². The highest BCUT2D eigenvalue weighted by Crippen LogP contribution is 2.23. The molecular weight excluding hydrogens is 168 g/mol. The molecule has 14 heavy (non-hydrogen) atoms. The molecule has 0 aromatic carbocycles. The van der Waals surface area contributed by atoms with Crippen molar-refractivity contribution in [1.29, 1.82) is 0 Å². The number of rotatable bonds is 2. The molecule has 0 N–H and O–H groups in total. The van der Waals surface area contributed by atoms with E-state index < -0.39 is 0 Å². The molecule has 1 aliphatic carbocycles. The topological polar surface area (TPSA) is 0 Å². The minimum absolute atomic E-state index is 0.935. The predicted octanol–water partition coefficient (Wildman–Crippen LogP) is 4.91. The summed E-state index contributed by atoms with van der Waals surface area (Å²) in [6.45, 7) is 2.13. The molecule has 0 nitrogen and oxygen atoms in total. The minimum Gasteiger partial charge on any atom is -0.0917 e. The average Bonchev–Trinajstić information content (AvgIpc) is 2.23. The van der Waals surface area contributed by atoms with Crippen LogP contribution in [-0.2, 0) is 0 Å². The second-order valence-corrected chi connectivity index (χ2v) is 4.54. The van der Waals surface area contributed by atoms with Crippen LogP contribution in [-0.4, -0.2) is 0 Å². The fourth-order valence-corrected chi connectivity index (χ4v) is 2.27. The van der Waals surface area contributed by atoms with E-state index in [1.54, 1.807) is 0 Å². The normalized spacial score (nSPS) is 22.6. The predicted molar refractivity (Wildman–Crippen MR) is 64.2 cm³/mol. The van der Waals surface area contributed by atoms with Gasteiger partial charge in [0.1, 0.15) is 0 Å². The molecule has 0 aromatic rings. The van der Waals surface area contributed by atoms with Gasteiger partial charge in [-0.15, -0.1) is 0 Å². The summed E-state index contributed by atoms with van der Waals surface area (Å²) >= 11 is 0. The molecule has 1 radical (unpaired) electrons. The molecule has 0 spiro atoms. The van der Waals surface area contributed by atoms with Crippen LogP contribution in [0.2, 0.25) is 0 Å². The highest BCUT2D eigenvalue weighted by atomic mass is 14.1. The molecule has 1 atom stereocenters. The van der Waals surface area contributed by atoms with E-state index in [-0.39, 0.29) is 0 Å². The lowest BCUT2D eigenvalue weighted by molar-refractivity contribution is 0.430. The van der Waals surface area contributed by atoms with Crippen LogP contribution in [0.25, 0.3) is 0 Å². The molecule has 0 amide bonds.